The number of carbonyl (C=O) groups excluding carboxylic acids is 1. The summed E-state index contributed by atoms with van der Waals surface area (Å²) in [5, 5.41) is 3.41. The maximum Gasteiger partial charge on any atom is 0.251 e. The molecule has 2 aromatic carbocycles. The van der Waals surface area contributed by atoms with Crippen LogP contribution < -0.4 is 5.32 Å². The molecule has 0 unspecified atom stereocenters. The molecule has 4 heteroatoms. The lowest BCUT2D eigenvalue weighted by molar-refractivity contribution is 0.0963. The van der Waals surface area contributed by atoms with Crippen molar-refractivity contribution in [3.8, 4) is 0 Å². The van der Waals surface area contributed by atoms with Gasteiger partial charge in [-0.2, -0.15) is 0 Å². The molecular formula is C17H19ClN2O. The van der Waals surface area contributed by atoms with Gasteiger partial charge in [-0.05, 0) is 36.4 Å². The minimum atomic E-state index is -0.0639. The monoisotopic (exact) mass is 302 g/mol. The molecule has 0 bridgehead atoms. The molecule has 110 valence electrons. The molecule has 3 nitrogen and oxygen atoms in total. The SMILES string of the molecule is CNC(=O)c1ccc(CN(C)Cc2ccccc2Cl)cc1. The average Bonchev–Trinajstić information content (AvgIpc) is 2.49. The molecule has 1 N–H and O–H groups in total. The highest BCUT2D eigenvalue weighted by molar-refractivity contribution is 6.31. The van der Waals surface area contributed by atoms with Gasteiger partial charge in [0.2, 0.25) is 0 Å². The summed E-state index contributed by atoms with van der Waals surface area (Å²) in [7, 11) is 3.68. The Morgan fingerprint density at radius 3 is 2.38 bits per heavy atom. The van der Waals surface area contributed by atoms with Crippen molar-refractivity contribution in [2.75, 3.05) is 14.1 Å². The van der Waals surface area contributed by atoms with Crippen molar-refractivity contribution in [2.24, 2.45) is 0 Å². The van der Waals surface area contributed by atoms with E-state index in [1.807, 2.05) is 48.5 Å². The fourth-order valence-electron chi connectivity index (χ4n) is 2.19. The van der Waals surface area contributed by atoms with Crippen LogP contribution in [-0.2, 0) is 13.1 Å². The lowest BCUT2D eigenvalue weighted by Gasteiger charge is -2.17. The molecule has 0 saturated carbocycles. The number of rotatable bonds is 5. The molecule has 0 aromatic heterocycles. The molecule has 0 saturated heterocycles. The second-order valence-corrected chi connectivity index (χ2v) is 5.45. The van der Waals surface area contributed by atoms with E-state index in [4.69, 9.17) is 11.6 Å². The Morgan fingerprint density at radius 2 is 1.76 bits per heavy atom. The number of nitrogens with zero attached hydrogens (tertiary/aromatic N) is 1. The third-order valence-corrected chi connectivity index (χ3v) is 3.66. The number of carbonyl (C=O) groups is 1. The molecule has 1 amide bonds. The molecule has 0 atom stereocenters. The molecule has 0 heterocycles. The van der Waals surface area contributed by atoms with Crippen LogP contribution in [0.2, 0.25) is 5.02 Å². The van der Waals surface area contributed by atoms with Gasteiger partial charge in [0, 0.05) is 30.7 Å². The van der Waals surface area contributed by atoms with E-state index in [0.29, 0.717) is 5.56 Å². The summed E-state index contributed by atoms with van der Waals surface area (Å²) in [6, 6.07) is 15.5. The highest BCUT2D eigenvalue weighted by Gasteiger charge is 2.06. The van der Waals surface area contributed by atoms with E-state index in [1.165, 1.54) is 0 Å². The quantitative estimate of drug-likeness (QED) is 0.919. The molecule has 0 spiro atoms. The average molecular weight is 303 g/mol. The summed E-state index contributed by atoms with van der Waals surface area (Å²) in [4.78, 5) is 13.7. The molecule has 21 heavy (non-hydrogen) atoms. The lowest BCUT2D eigenvalue weighted by Crippen LogP contribution is -2.19. The first-order valence-electron chi connectivity index (χ1n) is 6.83. The van der Waals surface area contributed by atoms with Gasteiger partial charge in [0.1, 0.15) is 0 Å². The molecule has 2 aromatic rings. The standard InChI is InChI=1S/C17H19ClN2O/c1-19-17(21)14-9-7-13(8-10-14)11-20(2)12-15-5-3-4-6-16(15)18/h3-10H,11-12H2,1-2H3,(H,19,21). The number of halogens is 1. The van der Waals surface area contributed by atoms with Crippen LogP contribution in [0.1, 0.15) is 21.5 Å². The maximum atomic E-state index is 11.5. The van der Waals surface area contributed by atoms with Crippen LogP contribution in [0.5, 0.6) is 0 Å². The van der Waals surface area contributed by atoms with E-state index in [0.717, 1.165) is 29.2 Å². The van der Waals surface area contributed by atoms with Gasteiger partial charge in [-0.15, -0.1) is 0 Å². The van der Waals surface area contributed by atoms with Crippen molar-refractivity contribution in [1.82, 2.24) is 10.2 Å². The zero-order chi connectivity index (χ0) is 15.2. The molecule has 0 aliphatic heterocycles. The van der Waals surface area contributed by atoms with Crippen molar-refractivity contribution in [3.05, 3.63) is 70.2 Å². The fourth-order valence-corrected chi connectivity index (χ4v) is 2.39. The Labute approximate surface area is 130 Å². The molecule has 0 aliphatic rings. The van der Waals surface area contributed by atoms with E-state index < -0.39 is 0 Å². The Kier molecular flexibility index (Phi) is 5.37. The second kappa shape index (κ2) is 7.25. The van der Waals surface area contributed by atoms with Crippen LogP contribution in [0, 0.1) is 0 Å². The van der Waals surface area contributed by atoms with Crippen LogP contribution in [0.4, 0.5) is 0 Å². The lowest BCUT2D eigenvalue weighted by atomic mass is 10.1. The van der Waals surface area contributed by atoms with Crippen molar-refractivity contribution in [2.45, 2.75) is 13.1 Å². The number of benzene rings is 2. The first-order chi connectivity index (χ1) is 10.1. The Morgan fingerprint density at radius 1 is 1.10 bits per heavy atom. The van der Waals surface area contributed by atoms with E-state index in [1.54, 1.807) is 7.05 Å². The van der Waals surface area contributed by atoms with Crippen molar-refractivity contribution in [3.63, 3.8) is 0 Å². The van der Waals surface area contributed by atoms with Crippen LogP contribution in [0.3, 0.4) is 0 Å². The summed E-state index contributed by atoms with van der Waals surface area (Å²) in [5.41, 5.74) is 2.95. The third kappa shape index (κ3) is 4.31. The first kappa shape index (κ1) is 15.5. The van der Waals surface area contributed by atoms with Gasteiger partial charge in [0.05, 0.1) is 0 Å². The molecule has 0 aliphatic carbocycles. The van der Waals surface area contributed by atoms with Gasteiger partial charge in [-0.1, -0.05) is 41.9 Å². The van der Waals surface area contributed by atoms with Crippen molar-refractivity contribution >= 4 is 17.5 Å². The highest BCUT2D eigenvalue weighted by atomic mass is 35.5. The zero-order valence-corrected chi connectivity index (χ0v) is 13.0. The number of hydrogen-bond donors (Lipinski definition) is 1. The van der Waals surface area contributed by atoms with Crippen molar-refractivity contribution in [1.29, 1.82) is 0 Å². The van der Waals surface area contributed by atoms with Gasteiger partial charge in [-0.25, -0.2) is 0 Å². The molecule has 2 rings (SSSR count). The van der Waals surface area contributed by atoms with Crippen LogP contribution >= 0.6 is 11.6 Å². The first-order valence-corrected chi connectivity index (χ1v) is 7.21. The molecule has 0 fully saturated rings. The summed E-state index contributed by atoms with van der Waals surface area (Å²) in [6.45, 7) is 1.59. The molecule has 0 radical (unpaired) electrons. The smallest absolute Gasteiger partial charge is 0.251 e. The van der Waals surface area contributed by atoms with E-state index in [-0.39, 0.29) is 5.91 Å². The Bertz CT molecular complexity index is 610. The van der Waals surface area contributed by atoms with Gasteiger partial charge >= 0.3 is 0 Å². The van der Waals surface area contributed by atoms with Crippen LogP contribution in [0.15, 0.2) is 48.5 Å². The Hall–Kier alpha value is -1.84. The largest absolute Gasteiger partial charge is 0.355 e. The predicted octanol–water partition coefficient (Wildman–Crippen LogP) is 3.33. The second-order valence-electron chi connectivity index (χ2n) is 5.04. The van der Waals surface area contributed by atoms with Gasteiger partial charge < -0.3 is 5.32 Å². The topological polar surface area (TPSA) is 32.3 Å². The van der Waals surface area contributed by atoms with E-state index in [2.05, 4.69) is 17.3 Å². The third-order valence-electron chi connectivity index (χ3n) is 3.29. The normalized spacial score (nSPS) is 10.7. The summed E-state index contributed by atoms with van der Waals surface area (Å²) >= 11 is 6.17. The van der Waals surface area contributed by atoms with Crippen molar-refractivity contribution < 1.29 is 4.79 Å². The highest BCUT2D eigenvalue weighted by Crippen LogP contribution is 2.17. The van der Waals surface area contributed by atoms with Crippen LogP contribution in [-0.4, -0.2) is 24.9 Å². The Balaban J connectivity index is 1.98. The minimum Gasteiger partial charge on any atom is -0.355 e. The summed E-state index contributed by atoms with van der Waals surface area (Å²) in [5.74, 6) is -0.0639. The minimum absolute atomic E-state index is 0.0639. The van der Waals surface area contributed by atoms with Gasteiger partial charge in [0.25, 0.3) is 5.91 Å². The van der Waals surface area contributed by atoms with Gasteiger partial charge in [-0.3, -0.25) is 9.69 Å². The maximum absolute atomic E-state index is 11.5. The van der Waals surface area contributed by atoms with Gasteiger partial charge in [0.15, 0.2) is 0 Å². The number of amides is 1. The van der Waals surface area contributed by atoms with E-state index >= 15 is 0 Å². The zero-order valence-electron chi connectivity index (χ0n) is 12.3. The summed E-state index contributed by atoms with van der Waals surface area (Å²) in [6.07, 6.45) is 0. The van der Waals surface area contributed by atoms with E-state index in [9.17, 15) is 4.79 Å². The predicted molar refractivity (Wildman–Crippen MR) is 86.5 cm³/mol. The number of nitrogens with one attached hydrogen (secondary N) is 1. The van der Waals surface area contributed by atoms with Crippen LogP contribution in [0.25, 0.3) is 0 Å². The molecular weight excluding hydrogens is 284 g/mol. The fraction of sp³-hybridized carbons (Fsp3) is 0.235. The number of hydrogen-bond acceptors (Lipinski definition) is 2. The summed E-state index contributed by atoms with van der Waals surface area (Å²) < 4.78 is 0.